The van der Waals surface area contributed by atoms with Crippen molar-refractivity contribution < 1.29 is 0 Å². The number of hydrogen-bond donors (Lipinski definition) is 1. The van der Waals surface area contributed by atoms with Crippen molar-refractivity contribution in [2.45, 2.75) is 48.9 Å². The Morgan fingerprint density at radius 3 is 2.43 bits per heavy atom. The van der Waals surface area contributed by atoms with Crippen molar-refractivity contribution >= 4 is 23.2 Å². The number of hydrogen-bond acceptors (Lipinski definition) is 3. The van der Waals surface area contributed by atoms with E-state index in [0.29, 0.717) is 6.04 Å². The van der Waals surface area contributed by atoms with Crippen molar-refractivity contribution in [3.63, 3.8) is 0 Å². The molecular formula is C18H29Cl2N3. The molecule has 0 radical (unpaired) electrons. The zero-order valence-corrected chi connectivity index (χ0v) is 15.4. The van der Waals surface area contributed by atoms with Crippen molar-refractivity contribution in [2.24, 2.45) is 11.7 Å². The van der Waals surface area contributed by atoms with Crippen LogP contribution in [0.4, 0.5) is 0 Å². The molecule has 3 aliphatic rings. The molecule has 0 amide bonds. The molecule has 2 aliphatic carbocycles. The fraction of sp³-hybridized carbons (Fsp3) is 0.778. The molecule has 0 spiro atoms. The molecular weight excluding hydrogens is 329 g/mol. The number of alkyl halides is 2. The Morgan fingerprint density at radius 2 is 1.74 bits per heavy atom. The van der Waals surface area contributed by atoms with Crippen LogP contribution in [0.25, 0.3) is 0 Å². The Bertz CT molecular complexity index is 436. The molecule has 5 heteroatoms. The summed E-state index contributed by atoms with van der Waals surface area (Å²) in [4.78, 5) is 5.01. The van der Waals surface area contributed by atoms with Gasteiger partial charge in [-0.15, -0.1) is 23.2 Å². The van der Waals surface area contributed by atoms with Crippen LogP contribution >= 0.6 is 23.2 Å². The van der Waals surface area contributed by atoms with E-state index < -0.39 is 0 Å². The minimum atomic E-state index is -0.0975. The van der Waals surface area contributed by atoms with Gasteiger partial charge < -0.3 is 10.6 Å². The van der Waals surface area contributed by atoms with Gasteiger partial charge in [-0.2, -0.15) is 0 Å². The van der Waals surface area contributed by atoms with Crippen molar-refractivity contribution in [1.29, 1.82) is 0 Å². The van der Waals surface area contributed by atoms with Gasteiger partial charge in [0.25, 0.3) is 0 Å². The van der Waals surface area contributed by atoms with Gasteiger partial charge in [-0.25, -0.2) is 0 Å². The average molecular weight is 358 g/mol. The van der Waals surface area contributed by atoms with Gasteiger partial charge in [-0.3, -0.25) is 4.90 Å². The fourth-order valence-electron chi connectivity index (χ4n) is 3.96. The van der Waals surface area contributed by atoms with E-state index in [-0.39, 0.29) is 10.8 Å². The molecule has 1 heterocycles. The molecule has 23 heavy (non-hydrogen) atoms. The lowest BCUT2D eigenvalue weighted by Crippen LogP contribution is -2.48. The first-order valence-corrected chi connectivity index (χ1v) is 9.90. The molecule has 130 valence electrons. The molecule has 1 saturated heterocycles. The van der Waals surface area contributed by atoms with Crippen LogP contribution in [0.1, 0.15) is 32.1 Å². The van der Waals surface area contributed by atoms with Crippen LogP contribution in [0.15, 0.2) is 23.9 Å². The van der Waals surface area contributed by atoms with Gasteiger partial charge in [0.1, 0.15) is 0 Å². The third kappa shape index (κ3) is 4.66. The monoisotopic (exact) mass is 357 g/mol. The van der Waals surface area contributed by atoms with Crippen LogP contribution in [-0.4, -0.2) is 59.3 Å². The van der Waals surface area contributed by atoms with E-state index in [2.05, 4.69) is 15.9 Å². The van der Waals surface area contributed by atoms with E-state index >= 15 is 0 Å². The molecule has 2 unspecified atom stereocenters. The van der Waals surface area contributed by atoms with Gasteiger partial charge in [0.05, 0.1) is 10.8 Å². The van der Waals surface area contributed by atoms with E-state index in [9.17, 15) is 0 Å². The Morgan fingerprint density at radius 1 is 1.04 bits per heavy atom. The first kappa shape index (κ1) is 17.6. The third-order valence-corrected chi connectivity index (χ3v) is 6.63. The highest BCUT2D eigenvalue weighted by molar-refractivity contribution is 6.32. The summed E-state index contributed by atoms with van der Waals surface area (Å²) >= 11 is 12.7. The van der Waals surface area contributed by atoms with Gasteiger partial charge in [0.15, 0.2) is 0 Å². The third-order valence-electron chi connectivity index (χ3n) is 5.61. The molecule has 0 aromatic rings. The summed E-state index contributed by atoms with van der Waals surface area (Å²) in [6.07, 6.45) is 12.5. The standard InChI is InChI=1S/C18H29Cl2N3/c19-16-2-1-3-17(18(16)20)23-12-10-22(11-13-23)9-8-14-4-6-15(21)7-5-14/h1-3,14-16,18H,4-13,21H2. The molecule has 2 fully saturated rings. The van der Waals surface area contributed by atoms with Crippen LogP contribution in [0, 0.1) is 5.92 Å². The lowest BCUT2D eigenvalue weighted by molar-refractivity contribution is 0.143. The maximum absolute atomic E-state index is 6.46. The molecule has 0 aromatic heterocycles. The molecule has 0 bridgehead atoms. The topological polar surface area (TPSA) is 32.5 Å². The minimum Gasteiger partial charge on any atom is -0.371 e. The van der Waals surface area contributed by atoms with Gasteiger partial charge in [0.2, 0.25) is 0 Å². The Balaban J connectivity index is 1.40. The minimum absolute atomic E-state index is 0.0904. The van der Waals surface area contributed by atoms with Gasteiger partial charge in [-0.05, 0) is 50.6 Å². The summed E-state index contributed by atoms with van der Waals surface area (Å²) in [6.45, 7) is 5.60. The highest BCUT2D eigenvalue weighted by atomic mass is 35.5. The van der Waals surface area contributed by atoms with Crippen molar-refractivity contribution in [3.8, 4) is 0 Å². The second-order valence-electron chi connectivity index (χ2n) is 7.22. The summed E-state index contributed by atoms with van der Waals surface area (Å²) in [5.41, 5.74) is 7.19. The number of halogens is 2. The Kier molecular flexibility index (Phi) is 6.31. The maximum Gasteiger partial charge on any atom is 0.0932 e. The molecule has 3 rings (SSSR count). The lowest BCUT2D eigenvalue weighted by Gasteiger charge is -2.40. The Hall–Kier alpha value is -0.220. The van der Waals surface area contributed by atoms with Crippen LogP contribution in [0.3, 0.4) is 0 Å². The smallest absolute Gasteiger partial charge is 0.0932 e. The average Bonchev–Trinajstić information content (AvgIpc) is 2.57. The highest BCUT2D eigenvalue weighted by Crippen LogP contribution is 2.28. The number of allylic oxidation sites excluding steroid dienone is 4. The lowest BCUT2D eigenvalue weighted by atomic mass is 9.84. The normalized spacial score (nSPS) is 36.1. The quantitative estimate of drug-likeness (QED) is 0.784. The number of piperazine rings is 1. The molecule has 2 N–H and O–H groups in total. The molecule has 0 aromatic carbocycles. The van der Waals surface area contributed by atoms with Crippen molar-refractivity contribution in [2.75, 3.05) is 32.7 Å². The van der Waals surface area contributed by atoms with Gasteiger partial charge >= 0.3 is 0 Å². The summed E-state index contributed by atoms with van der Waals surface area (Å²) in [7, 11) is 0. The van der Waals surface area contributed by atoms with Crippen LogP contribution < -0.4 is 5.73 Å². The predicted molar refractivity (Wildman–Crippen MR) is 99.1 cm³/mol. The van der Waals surface area contributed by atoms with E-state index in [1.54, 1.807) is 0 Å². The van der Waals surface area contributed by atoms with E-state index in [0.717, 1.165) is 32.1 Å². The fourth-order valence-corrected chi connectivity index (χ4v) is 4.47. The maximum atomic E-state index is 6.46. The molecule has 3 nitrogen and oxygen atoms in total. The van der Waals surface area contributed by atoms with E-state index in [4.69, 9.17) is 28.9 Å². The highest BCUT2D eigenvalue weighted by Gasteiger charge is 2.28. The van der Waals surface area contributed by atoms with Crippen LogP contribution in [0.5, 0.6) is 0 Å². The predicted octanol–water partition coefficient (Wildman–Crippen LogP) is 3.18. The summed E-state index contributed by atoms with van der Waals surface area (Å²) in [5, 5.41) is -0.188. The SMILES string of the molecule is NC1CCC(CCN2CCN(C3=CC=CC(Cl)C3Cl)CC2)CC1. The second-order valence-corrected chi connectivity index (χ2v) is 8.19. The molecule has 1 aliphatic heterocycles. The first-order chi connectivity index (χ1) is 11.1. The first-order valence-electron chi connectivity index (χ1n) is 9.03. The largest absolute Gasteiger partial charge is 0.371 e. The Labute approximate surface area is 150 Å². The van der Waals surface area contributed by atoms with Crippen LogP contribution in [0.2, 0.25) is 0 Å². The number of nitrogens with zero attached hydrogens (tertiary/aromatic N) is 2. The molecule has 1 saturated carbocycles. The van der Waals surface area contributed by atoms with Crippen molar-refractivity contribution in [3.05, 3.63) is 23.9 Å². The number of nitrogens with two attached hydrogens (primary N) is 1. The summed E-state index contributed by atoms with van der Waals surface area (Å²) in [5.74, 6) is 0.892. The van der Waals surface area contributed by atoms with Crippen LogP contribution in [-0.2, 0) is 0 Å². The second kappa shape index (κ2) is 8.24. The van der Waals surface area contributed by atoms with E-state index in [1.807, 2.05) is 12.2 Å². The zero-order chi connectivity index (χ0) is 16.2. The summed E-state index contributed by atoms with van der Waals surface area (Å²) < 4.78 is 0. The zero-order valence-electron chi connectivity index (χ0n) is 13.8. The van der Waals surface area contributed by atoms with Crippen molar-refractivity contribution in [1.82, 2.24) is 9.80 Å². The summed E-state index contributed by atoms with van der Waals surface area (Å²) in [6, 6.07) is 0.460. The number of rotatable bonds is 4. The van der Waals surface area contributed by atoms with Gasteiger partial charge in [0, 0.05) is 37.9 Å². The van der Waals surface area contributed by atoms with E-state index in [1.165, 1.54) is 44.3 Å². The molecule has 2 atom stereocenters. The van der Waals surface area contributed by atoms with Gasteiger partial charge in [-0.1, -0.05) is 12.2 Å².